The summed E-state index contributed by atoms with van der Waals surface area (Å²) in [6.45, 7) is 3.77. The van der Waals surface area contributed by atoms with Crippen LogP contribution < -0.4 is 21.0 Å². The van der Waals surface area contributed by atoms with Crippen molar-refractivity contribution in [2.24, 2.45) is 5.92 Å². The van der Waals surface area contributed by atoms with E-state index >= 15 is 0 Å². The van der Waals surface area contributed by atoms with Gasteiger partial charge >= 0.3 is 5.63 Å². The van der Waals surface area contributed by atoms with Gasteiger partial charge in [0.25, 0.3) is 0 Å². The molecule has 0 spiro atoms. The number of ether oxygens (including phenoxy) is 1. The SMILES string of the molecule is COc1ccc2c(C)c(CCC(=O)NC(C)c3ccc(NC(=O)C4CC4)cc3)c(=O)oc2c1. The van der Waals surface area contributed by atoms with Crippen LogP contribution in [-0.4, -0.2) is 18.9 Å². The number of fused-ring (bicyclic) bond motifs is 1. The summed E-state index contributed by atoms with van der Waals surface area (Å²) < 4.78 is 10.6. The molecule has 2 aromatic carbocycles. The fourth-order valence-corrected chi connectivity index (χ4v) is 3.87. The highest BCUT2D eigenvalue weighted by atomic mass is 16.5. The van der Waals surface area contributed by atoms with Gasteiger partial charge in [0.2, 0.25) is 11.8 Å². The lowest BCUT2D eigenvalue weighted by atomic mass is 10.0. The normalized spacial score (nSPS) is 14.0. The number of aryl methyl sites for hydroxylation is 1. The van der Waals surface area contributed by atoms with E-state index in [1.54, 1.807) is 13.2 Å². The molecule has 1 aliphatic carbocycles. The Bertz CT molecular complexity index is 1240. The average molecular weight is 449 g/mol. The number of anilines is 1. The van der Waals surface area contributed by atoms with E-state index in [9.17, 15) is 14.4 Å². The highest BCUT2D eigenvalue weighted by Crippen LogP contribution is 2.30. The molecule has 1 aliphatic rings. The number of carbonyl (C=O) groups excluding carboxylic acids is 2. The molecule has 1 aromatic heterocycles. The van der Waals surface area contributed by atoms with Crippen LogP contribution in [0.25, 0.3) is 11.0 Å². The zero-order valence-corrected chi connectivity index (χ0v) is 19.1. The first-order valence-electron chi connectivity index (χ1n) is 11.2. The Balaban J connectivity index is 1.36. The van der Waals surface area contributed by atoms with Crippen molar-refractivity contribution in [1.29, 1.82) is 0 Å². The Morgan fingerprint density at radius 3 is 2.55 bits per heavy atom. The van der Waals surface area contributed by atoms with Gasteiger partial charge in [-0.05, 0) is 68.5 Å². The number of carbonyl (C=O) groups is 2. The first-order chi connectivity index (χ1) is 15.9. The highest BCUT2D eigenvalue weighted by molar-refractivity contribution is 5.94. The lowest BCUT2D eigenvalue weighted by Crippen LogP contribution is -2.27. The van der Waals surface area contributed by atoms with Crippen LogP contribution in [0.4, 0.5) is 5.69 Å². The van der Waals surface area contributed by atoms with E-state index in [0.717, 1.165) is 35.0 Å². The van der Waals surface area contributed by atoms with Gasteiger partial charge in [-0.1, -0.05) is 12.1 Å². The molecular weight excluding hydrogens is 420 g/mol. The molecule has 0 saturated heterocycles. The van der Waals surface area contributed by atoms with E-state index in [2.05, 4.69) is 10.6 Å². The largest absolute Gasteiger partial charge is 0.497 e. The van der Waals surface area contributed by atoms with E-state index in [-0.39, 0.29) is 30.2 Å². The van der Waals surface area contributed by atoms with Crippen molar-refractivity contribution < 1.29 is 18.7 Å². The van der Waals surface area contributed by atoms with Crippen molar-refractivity contribution in [3.05, 3.63) is 69.6 Å². The molecule has 4 rings (SSSR count). The van der Waals surface area contributed by atoms with Crippen molar-refractivity contribution in [2.45, 2.75) is 45.6 Å². The van der Waals surface area contributed by atoms with Crippen LogP contribution >= 0.6 is 0 Å². The molecule has 0 aliphatic heterocycles. The second-order valence-electron chi connectivity index (χ2n) is 8.53. The average Bonchev–Trinajstić information content (AvgIpc) is 3.64. The number of nitrogens with one attached hydrogen (secondary N) is 2. The van der Waals surface area contributed by atoms with Crippen molar-refractivity contribution in [1.82, 2.24) is 5.32 Å². The molecule has 7 heteroatoms. The van der Waals surface area contributed by atoms with Crippen LogP contribution in [0.1, 0.15) is 48.9 Å². The minimum atomic E-state index is -0.432. The topological polar surface area (TPSA) is 97.6 Å². The Morgan fingerprint density at radius 1 is 1.15 bits per heavy atom. The third kappa shape index (κ3) is 5.25. The molecule has 33 heavy (non-hydrogen) atoms. The number of rotatable bonds is 8. The first-order valence-corrected chi connectivity index (χ1v) is 11.2. The number of benzene rings is 2. The van der Waals surface area contributed by atoms with Crippen LogP contribution in [0.2, 0.25) is 0 Å². The standard InChI is InChI=1S/C26H28N2O5/c1-15-21-11-10-20(32-3)14-23(21)33-26(31)22(15)12-13-24(29)27-16(2)17-6-8-19(9-7-17)28-25(30)18-4-5-18/h6-11,14,16,18H,4-5,12-13H2,1-3H3,(H,27,29)(H,28,30). The fraction of sp³-hybridized carbons (Fsp3) is 0.346. The van der Waals surface area contributed by atoms with Crippen molar-refractivity contribution >= 4 is 28.5 Å². The molecule has 1 saturated carbocycles. The quantitative estimate of drug-likeness (QED) is 0.502. The van der Waals surface area contributed by atoms with Crippen molar-refractivity contribution in [2.75, 3.05) is 12.4 Å². The van der Waals surface area contributed by atoms with Gasteiger partial charge < -0.3 is 19.8 Å². The summed E-state index contributed by atoms with van der Waals surface area (Å²) in [6, 6.07) is 12.6. The molecule has 0 radical (unpaired) electrons. The minimum Gasteiger partial charge on any atom is -0.497 e. The van der Waals surface area contributed by atoms with Gasteiger partial charge in [-0.15, -0.1) is 0 Å². The summed E-state index contributed by atoms with van der Waals surface area (Å²) in [5.74, 6) is 0.683. The number of amides is 2. The zero-order chi connectivity index (χ0) is 23.5. The lowest BCUT2D eigenvalue weighted by Gasteiger charge is -2.15. The second-order valence-corrected chi connectivity index (χ2v) is 8.53. The maximum absolute atomic E-state index is 12.5. The van der Waals surface area contributed by atoms with Crippen LogP contribution in [0.5, 0.6) is 5.75 Å². The van der Waals surface area contributed by atoms with Crippen molar-refractivity contribution in [3.63, 3.8) is 0 Å². The Morgan fingerprint density at radius 2 is 1.88 bits per heavy atom. The van der Waals surface area contributed by atoms with Gasteiger partial charge in [0, 0.05) is 35.0 Å². The van der Waals surface area contributed by atoms with E-state index < -0.39 is 5.63 Å². The number of hydrogen-bond donors (Lipinski definition) is 2. The molecule has 3 aromatic rings. The van der Waals surface area contributed by atoms with E-state index in [1.807, 2.05) is 50.2 Å². The van der Waals surface area contributed by atoms with Crippen molar-refractivity contribution in [3.8, 4) is 5.75 Å². The molecular formula is C26H28N2O5. The van der Waals surface area contributed by atoms with Gasteiger partial charge in [-0.3, -0.25) is 9.59 Å². The molecule has 172 valence electrons. The first kappa shape index (κ1) is 22.6. The molecule has 1 atom stereocenters. The summed E-state index contributed by atoms with van der Waals surface area (Å²) in [7, 11) is 1.56. The van der Waals surface area contributed by atoms with Gasteiger partial charge in [-0.2, -0.15) is 0 Å². The van der Waals surface area contributed by atoms with Crippen LogP contribution in [0.15, 0.2) is 51.7 Å². The maximum Gasteiger partial charge on any atom is 0.339 e. The highest BCUT2D eigenvalue weighted by Gasteiger charge is 2.29. The molecule has 2 amide bonds. The van der Waals surface area contributed by atoms with E-state index in [4.69, 9.17) is 9.15 Å². The zero-order valence-electron chi connectivity index (χ0n) is 19.1. The van der Waals surface area contributed by atoms with Gasteiger partial charge in [0.1, 0.15) is 11.3 Å². The van der Waals surface area contributed by atoms with E-state index in [1.165, 1.54) is 0 Å². The minimum absolute atomic E-state index is 0.0664. The number of hydrogen-bond acceptors (Lipinski definition) is 5. The third-order valence-corrected chi connectivity index (χ3v) is 6.10. The molecule has 7 nitrogen and oxygen atoms in total. The van der Waals surface area contributed by atoms with E-state index in [0.29, 0.717) is 23.3 Å². The fourth-order valence-electron chi connectivity index (χ4n) is 3.87. The summed E-state index contributed by atoms with van der Waals surface area (Å²) in [5.41, 5.74) is 3.04. The predicted molar refractivity (Wildman–Crippen MR) is 126 cm³/mol. The Kier molecular flexibility index (Phi) is 6.49. The second kappa shape index (κ2) is 9.48. The summed E-state index contributed by atoms with van der Waals surface area (Å²) >= 11 is 0. The lowest BCUT2D eigenvalue weighted by molar-refractivity contribution is -0.121. The predicted octanol–water partition coefficient (Wildman–Crippen LogP) is 4.27. The smallest absolute Gasteiger partial charge is 0.339 e. The summed E-state index contributed by atoms with van der Waals surface area (Å²) in [6.07, 6.45) is 2.39. The summed E-state index contributed by atoms with van der Waals surface area (Å²) in [5, 5.41) is 6.70. The summed E-state index contributed by atoms with van der Waals surface area (Å²) in [4.78, 5) is 36.9. The monoisotopic (exact) mass is 448 g/mol. The van der Waals surface area contributed by atoms with Gasteiger partial charge in [0.05, 0.1) is 13.2 Å². The van der Waals surface area contributed by atoms with Crippen LogP contribution in [0.3, 0.4) is 0 Å². The van der Waals surface area contributed by atoms with Crippen LogP contribution in [0, 0.1) is 12.8 Å². The van der Waals surface area contributed by atoms with Crippen LogP contribution in [-0.2, 0) is 16.0 Å². The molecule has 0 bridgehead atoms. The van der Waals surface area contributed by atoms with Gasteiger partial charge in [0.15, 0.2) is 0 Å². The third-order valence-electron chi connectivity index (χ3n) is 6.10. The molecule has 2 N–H and O–H groups in total. The molecule has 1 fully saturated rings. The maximum atomic E-state index is 12.5. The Labute approximate surface area is 192 Å². The molecule has 1 heterocycles. The number of methoxy groups -OCH3 is 1. The molecule has 1 unspecified atom stereocenters. The Hall–Kier alpha value is -3.61. The van der Waals surface area contributed by atoms with Gasteiger partial charge in [-0.25, -0.2) is 4.79 Å².